The zero-order valence-electron chi connectivity index (χ0n) is 26.2. The van der Waals surface area contributed by atoms with E-state index in [1.54, 1.807) is 0 Å². The van der Waals surface area contributed by atoms with Crippen molar-refractivity contribution in [1.29, 1.82) is 0 Å². The van der Waals surface area contributed by atoms with Crippen molar-refractivity contribution in [3.05, 3.63) is 64.5 Å². The Morgan fingerprint density at radius 1 is 1.27 bits per heavy atom. The first kappa shape index (κ1) is 33.3. The normalized spacial score (nSPS) is 15.9. The molecule has 0 saturated heterocycles. The number of benzene rings is 2. The molecule has 0 spiro atoms. The van der Waals surface area contributed by atoms with Gasteiger partial charge in [0.15, 0.2) is 12.4 Å². The first-order valence-electron chi connectivity index (χ1n) is 14.7. The Morgan fingerprint density at radius 3 is 2.66 bits per heavy atom. The smallest absolute Gasteiger partial charge is 0.282 e. The first-order chi connectivity index (χ1) is 20.9. The van der Waals surface area contributed by atoms with Crippen LogP contribution in [0.4, 0.5) is 20.6 Å². The molecule has 1 atom stereocenters. The van der Waals surface area contributed by atoms with Crippen LogP contribution >= 0.6 is 23.3 Å². The molecule has 234 valence electrons. The first-order valence-corrected chi connectivity index (χ1v) is 16.5. The third-order valence-electron chi connectivity index (χ3n) is 7.67. The Hall–Kier alpha value is -3.62. The summed E-state index contributed by atoms with van der Waals surface area (Å²) in [5.41, 5.74) is 1.88. The quantitative estimate of drug-likeness (QED) is 0.271. The lowest BCUT2D eigenvalue weighted by Crippen LogP contribution is -2.39. The average Bonchev–Trinajstić information content (AvgIpc) is 3.50. The molecule has 3 heterocycles. The van der Waals surface area contributed by atoms with Crippen LogP contribution in [0.15, 0.2) is 47.5 Å². The van der Waals surface area contributed by atoms with Gasteiger partial charge in [0.05, 0.1) is 12.2 Å². The van der Waals surface area contributed by atoms with Crippen molar-refractivity contribution >= 4 is 45.8 Å². The van der Waals surface area contributed by atoms with Crippen LogP contribution in [-0.2, 0) is 23.5 Å². The topological polar surface area (TPSA) is 80.0 Å². The number of thioether (sulfide) groups is 1. The molecule has 0 N–H and O–H groups in total. The largest absolute Gasteiger partial charge is 0.481 e. The van der Waals surface area contributed by atoms with Crippen LogP contribution in [0.25, 0.3) is 0 Å². The maximum absolute atomic E-state index is 14.5. The maximum Gasteiger partial charge on any atom is 0.282 e. The number of hydrogen-bond acceptors (Lipinski definition) is 7. The van der Waals surface area contributed by atoms with E-state index in [9.17, 15) is 14.0 Å². The molecule has 0 saturated carbocycles. The lowest BCUT2D eigenvalue weighted by molar-refractivity contribution is -0.121. The summed E-state index contributed by atoms with van der Waals surface area (Å²) < 4.78 is 26.3. The number of fused-ring (bicyclic) bond motifs is 2. The molecular formula is C33H40FN5O3S2. The number of terminal acetylenes is 1. The van der Waals surface area contributed by atoms with Gasteiger partial charge >= 0.3 is 0 Å². The van der Waals surface area contributed by atoms with Crippen molar-refractivity contribution < 1.29 is 18.7 Å². The SMILES string of the molecule is C#CCN1C(=O)COc2cc(F)c(N=c3snc4n3CC(C)(C)C4)cc21.CCN(C(=O)SCc1ccccc1)C(C)C(C)C. The van der Waals surface area contributed by atoms with Crippen LogP contribution in [0.3, 0.4) is 0 Å². The van der Waals surface area contributed by atoms with Crippen molar-refractivity contribution in [1.82, 2.24) is 13.8 Å². The fourth-order valence-electron chi connectivity index (χ4n) is 4.99. The lowest BCUT2D eigenvalue weighted by Gasteiger charge is -2.30. The van der Waals surface area contributed by atoms with Crippen molar-refractivity contribution in [3.8, 4) is 18.1 Å². The van der Waals surface area contributed by atoms with E-state index in [1.165, 1.54) is 45.9 Å². The number of halogens is 1. The fraction of sp³-hybridized carbons (Fsp3) is 0.455. The Kier molecular flexibility index (Phi) is 10.9. The van der Waals surface area contributed by atoms with Crippen LogP contribution in [0.5, 0.6) is 5.75 Å². The van der Waals surface area contributed by atoms with E-state index in [1.807, 2.05) is 34.6 Å². The van der Waals surface area contributed by atoms with Gasteiger partial charge in [0, 0.05) is 48.9 Å². The van der Waals surface area contributed by atoms with Crippen molar-refractivity contribution in [3.63, 3.8) is 0 Å². The van der Waals surface area contributed by atoms with Gasteiger partial charge in [-0.05, 0) is 36.8 Å². The van der Waals surface area contributed by atoms with Gasteiger partial charge in [0.2, 0.25) is 4.80 Å². The summed E-state index contributed by atoms with van der Waals surface area (Å²) in [4.78, 5) is 32.7. The highest BCUT2D eigenvalue weighted by atomic mass is 32.2. The highest BCUT2D eigenvalue weighted by Crippen LogP contribution is 2.37. The summed E-state index contributed by atoms with van der Waals surface area (Å²) in [6.45, 7) is 14.3. The zero-order valence-corrected chi connectivity index (χ0v) is 27.8. The van der Waals surface area contributed by atoms with Crippen LogP contribution < -0.4 is 14.4 Å². The third-order valence-corrected chi connectivity index (χ3v) is 9.41. The fourth-order valence-corrected chi connectivity index (χ4v) is 6.69. The molecule has 8 nitrogen and oxygen atoms in total. The van der Waals surface area contributed by atoms with E-state index < -0.39 is 5.82 Å². The summed E-state index contributed by atoms with van der Waals surface area (Å²) in [6, 6.07) is 13.2. The van der Waals surface area contributed by atoms with Gasteiger partial charge in [0.25, 0.3) is 11.1 Å². The molecule has 1 unspecified atom stereocenters. The molecule has 3 aromatic rings. The van der Waals surface area contributed by atoms with E-state index in [4.69, 9.17) is 11.2 Å². The van der Waals surface area contributed by atoms with Crippen LogP contribution in [0.1, 0.15) is 52.9 Å². The molecule has 0 fully saturated rings. The molecule has 5 rings (SSSR count). The number of hydrogen-bond donors (Lipinski definition) is 0. The van der Waals surface area contributed by atoms with Gasteiger partial charge in [-0.15, -0.1) is 6.42 Å². The van der Waals surface area contributed by atoms with Crippen LogP contribution in [0, 0.1) is 29.5 Å². The highest BCUT2D eigenvalue weighted by Gasteiger charge is 2.31. The molecule has 11 heteroatoms. The van der Waals surface area contributed by atoms with Crippen molar-refractivity contribution in [2.45, 2.75) is 66.3 Å². The van der Waals surface area contributed by atoms with Gasteiger partial charge < -0.3 is 14.2 Å². The van der Waals surface area contributed by atoms with Crippen LogP contribution in [-0.4, -0.2) is 50.7 Å². The third kappa shape index (κ3) is 7.90. The van der Waals surface area contributed by atoms with Gasteiger partial charge in [-0.25, -0.2) is 9.38 Å². The number of carbonyl (C=O) groups excluding carboxylic acids is 2. The Bertz CT molecular complexity index is 1590. The van der Waals surface area contributed by atoms with Crippen molar-refractivity contribution in [2.24, 2.45) is 16.3 Å². The number of aromatic nitrogens is 2. The highest BCUT2D eigenvalue weighted by molar-refractivity contribution is 8.12. The summed E-state index contributed by atoms with van der Waals surface area (Å²) in [5, 5.41) is 0.183. The Labute approximate surface area is 267 Å². The minimum Gasteiger partial charge on any atom is -0.481 e. The molecule has 0 bridgehead atoms. The zero-order chi connectivity index (χ0) is 32.0. The second-order valence-electron chi connectivity index (χ2n) is 12.0. The van der Waals surface area contributed by atoms with Crippen molar-refractivity contribution in [2.75, 3.05) is 24.6 Å². The number of rotatable bonds is 7. The van der Waals surface area contributed by atoms with E-state index in [0.29, 0.717) is 28.2 Å². The summed E-state index contributed by atoms with van der Waals surface area (Å²) >= 11 is 2.64. The van der Waals surface area contributed by atoms with E-state index in [2.05, 4.69) is 62.0 Å². The second-order valence-corrected chi connectivity index (χ2v) is 13.6. The molecule has 2 aliphatic heterocycles. The lowest BCUT2D eigenvalue weighted by atomic mass is 9.92. The van der Waals surface area contributed by atoms with E-state index in [0.717, 1.165) is 31.1 Å². The van der Waals surface area contributed by atoms with Gasteiger partial charge in [-0.3, -0.25) is 14.5 Å². The maximum atomic E-state index is 14.5. The molecule has 0 aliphatic carbocycles. The van der Waals surface area contributed by atoms with Gasteiger partial charge in [-0.1, -0.05) is 75.7 Å². The molecule has 2 aliphatic rings. The number of ether oxygens (including phenoxy) is 1. The average molecular weight is 638 g/mol. The Morgan fingerprint density at radius 2 is 2.00 bits per heavy atom. The standard InChI is InChI=1S/C18H17FN4O2S.C15H23NOS/c1-4-5-22-13-7-12(11(19)6-14(13)25-9-16(22)24)20-17-23-10-18(2,3)8-15(23)21-26-17;1-5-16(13(4)12(2)3)15(17)18-11-14-9-7-6-8-10-14/h1,6-7H,5,8-10H2,2-3H3;6-10,12-13H,5,11H2,1-4H3. The Balaban J connectivity index is 0.000000217. The van der Waals surface area contributed by atoms with E-state index in [-0.39, 0.29) is 35.4 Å². The number of nitrogens with zero attached hydrogens (tertiary/aromatic N) is 5. The van der Waals surface area contributed by atoms with Gasteiger partial charge in [-0.2, -0.15) is 4.37 Å². The number of anilines is 1. The number of carbonyl (C=O) groups is 2. The molecule has 2 aromatic carbocycles. The predicted molar refractivity (Wildman–Crippen MR) is 176 cm³/mol. The minimum atomic E-state index is -0.515. The summed E-state index contributed by atoms with van der Waals surface area (Å²) in [6.07, 6.45) is 6.22. The summed E-state index contributed by atoms with van der Waals surface area (Å²) in [7, 11) is 0. The molecular weight excluding hydrogens is 598 g/mol. The summed E-state index contributed by atoms with van der Waals surface area (Å²) in [5.74, 6) is 4.16. The second kappa shape index (κ2) is 14.4. The molecule has 1 aromatic heterocycles. The molecule has 2 amide bonds. The monoisotopic (exact) mass is 637 g/mol. The van der Waals surface area contributed by atoms with Crippen LogP contribution in [0.2, 0.25) is 0 Å². The molecule has 44 heavy (non-hydrogen) atoms. The molecule has 0 radical (unpaired) electrons. The predicted octanol–water partition coefficient (Wildman–Crippen LogP) is 6.66. The van der Waals surface area contributed by atoms with Gasteiger partial charge in [0.1, 0.15) is 17.3 Å². The van der Waals surface area contributed by atoms with E-state index >= 15 is 0 Å². The number of amides is 2. The minimum absolute atomic E-state index is 0.0964.